The first kappa shape index (κ1) is 19.6. The zero-order valence-electron chi connectivity index (χ0n) is 16.0. The summed E-state index contributed by atoms with van der Waals surface area (Å²) in [6.45, 7) is 4.71. The van der Waals surface area contributed by atoms with E-state index in [-0.39, 0.29) is 16.8 Å². The topological polar surface area (TPSA) is 70.8 Å². The van der Waals surface area contributed by atoms with Gasteiger partial charge in [0.15, 0.2) is 0 Å². The van der Waals surface area contributed by atoms with Crippen molar-refractivity contribution in [3.8, 4) is 0 Å². The van der Waals surface area contributed by atoms with Gasteiger partial charge in [-0.15, -0.1) is 0 Å². The molecule has 1 saturated heterocycles. The van der Waals surface area contributed by atoms with E-state index in [1.807, 2.05) is 13.0 Å². The molecule has 6 nitrogen and oxygen atoms in total. The summed E-state index contributed by atoms with van der Waals surface area (Å²) >= 11 is 0. The third-order valence-corrected chi connectivity index (χ3v) is 7.26. The average molecular weight is 391 g/mol. The molecule has 0 saturated carbocycles. The van der Waals surface area contributed by atoms with Gasteiger partial charge in [-0.25, -0.2) is 8.42 Å². The van der Waals surface area contributed by atoms with Crippen LogP contribution in [0.1, 0.15) is 53.9 Å². The molecule has 146 valence electrons. The third kappa shape index (κ3) is 3.94. The molecule has 0 spiro atoms. The minimum atomic E-state index is -3.59. The van der Waals surface area contributed by atoms with Crippen molar-refractivity contribution in [3.63, 3.8) is 0 Å². The first-order valence-corrected chi connectivity index (χ1v) is 10.7. The highest BCUT2D eigenvalue weighted by atomic mass is 32.2. The van der Waals surface area contributed by atoms with Crippen molar-refractivity contribution in [2.45, 2.75) is 44.0 Å². The van der Waals surface area contributed by atoms with E-state index in [1.165, 1.54) is 10.4 Å². The highest BCUT2D eigenvalue weighted by Gasteiger charge is 2.29. The Morgan fingerprint density at radius 3 is 2.52 bits per heavy atom. The number of carbonyl (C=O) groups excluding carboxylic acids is 1. The maximum Gasteiger partial charge on any atom is 0.254 e. The van der Waals surface area contributed by atoms with Gasteiger partial charge < -0.3 is 9.32 Å². The average Bonchev–Trinajstić information content (AvgIpc) is 3.22. The molecule has 0 radical (unpaired) electrons. The second kappa shape index (κ2) is 7.86. The summed E-state index contributed by atoms with van der Waals surface area (Å²) in [7, 11) is -1.91. The lowest BCUT2D eigenvalue weighted by molar-refractivity contribution is 0.0726. The van der Waals surface area contributed by atoms with Crippen LogP contribution in [0.3, 0.4) is 0 Å². The van der Waals surface area contributed by atoms with Gasteiger partial charge in [0.2, 0.25) is 10.0 Å². The Hall–Kier alpha value is -2.12. The van der Waals surface area contributed by atoms with Crippen molar-refractivity contribution in [1.29, 1.82) is 0 Å². The van der Waals surface area contributed by atoms with E-state index in [2.05, 4.69) is 0 Å². The largest absolute Gasteiger partial charge is 0.467 e. The van der Waals surface area contributed by atoms with E-state index in [0.717, 1.165) is 19.3 Å². The molecule has 0 aliphatic carbocycles. The molecule has 1 amide bonds. The molecule has 1 aromatic heterocycles. The van der Waals surface area contributed by atoms with Crippen LogP contribution < -0.4 is 0 Å². The van der Waals surface area contributed by atoms with Gasteiger partial charge >= 0.3 is 0 Å². The van der Waals surface area contributed by atoms with E-state index in [0.29, 0.717) is 30.0 Å². The van der Waals surface area contributed by atoms with Gasteiger partial charge in [0.05, 0.1) is 17.2 Å². The molecule has 27 heavy (non-hydrogen) atoms. The standard InChI is InChI=1S/C20H26N2O4S/c1-15-9-10-17(20(23)21(3)16(2)18-8-7-13-26-18)14-19(15)27(24,25)22-11-5-4-6-12-22/h7-10,13-14,16H,4-6,11-12H2,1-3H3. The number of carbonyl (C=O) groups is 1. The van der Waals surface area contributed by atoms with Gasteiger partial charge in [-0.3, -0.25) is 4.79 Å². The summed E-state index contributed by atoms with van der Waals surface area (Å²) in [4.78, 5) is 14.7. The Kier molecular flexibility index (Phi) is 5.72. The van der Waals surface area contributed by atoms with Crippen LogP contribution in [0.2, 0.25) is 0 Å². The molecule has 1 atom stereocenters. The zero-order valence-corrected chi connectivity index (χ0v) is 16.8. The van der Waals surface area contributed by atoms with Crippen LogP contribution in [-0.2, 0) is 10.0 Å². The third-order valence-electron chi connectivity index (χ3n) is 5.22. The fourth-order valence-electron chi connectivity index (χ4n) is 3.35. The van der Waals surface area contributed by atoms with Gasteiger partial charge in [-0.2, -0.15) is 4.31 Å². The molecule has 0 bridgehead atoms. The molecule has 2 aromatic rings. The minimum absolute atomic E-state index is 0.217. The first-order valence-electron chi connectivity index (χ1n) is 9.23. The van der Waals surface area contributed by atoms with Crippen molar-refractivity contribution < 1.29 is 17.6 Å². The molecular weight excluding hydrogens is 364 g/mol. The number of piperidine rings is 1. The van der Waals surface area contributed by atoms with E-state index >= 15 is 0 Å². The van der Waals surface area contributed by atoms with Crippen LogP contribution in [0.4, 0.5) is 0 Å². The predicted molar refractivity (Wildman–Crippen MR) is 103 cm³/mol. The van der Waals surface area contributed by atoms with E-state index in [4.69, 9.17) is 4.42 Å². The molecule has 1 fully saturated rings. The number of amides is 1. The van der Waals surface area contributed by atoms with Crippen LogP contribution in [-0.4, -0.2) is 43.7 Å². The molecule has 3 rings (SSSR count). The summed E-state index contributed by atoms with van der Waals surface area (Å²) < 4.78 is 33.0. The second-order valence-electron chi connectivity index (χ2n) is 7.05. The van der Waals surface area contributed by atoms with Crippen LogP contribution in [0, 0.1) is 6.92 Å². The molecule has 1 aliphatic heterocycles. The van der Waals surface area contributed by atoms with Gasteiger partial charge in [0.1, 0.15) is 5.76 Å². The normalized spacial score (nSPS) is 16.9. The lowest BCUT2D eigenvalue weighted by Gasteiger charge is -2.27. The van der Waals surface area contributed by atoms with Gasteiger partial charge in [0, 0.05) is 25.7 Å². The van der Waals surface area contributed by atoms with Crippen molar-refractivity contribution in [1.82, 2.24) is 9.21 Å². The number of hydrogen-bond donors (Lipinski definition) is 0. The number of furan rings is 1. The number of nitrogens with zero attached hydrogens (tertiary/aromatic N) is 2. The Balaban J connectivity index is 1.89. The summed E-state index contributed by atoms with van der Waals surface area (Å²) in [5.41, 5.74) is 1.01. The number of aryl methyl sites for hydroxylation is 1. The van der Waals surface area contributed by atoms with E-state index < -0.39 is 10.0 Å². The Morgan fingerprint density at radius 2 is 1.89 bits per heavy atom. The maximum atomic E-state index is 13.1. The quantitative estimate of drug-likeness (QED) is 0.782. The smallest absolute Gasteiger partial charge is 0.254 e. The SMILES string of the molecule is Cc1ccc(C(=O)N(C)C(C)c2ccco2)cc1S(=O)(=O)N1CCCCC1. The molecule has 1 aromatic carbocycles. The zero-order chi connectivity index (χ0) is 19.6. The van der Waals surface area contributed by atoms with Crippen LogP contribution in [0.15, 0.2) is 45.9 Å². The van der Waals surface area contributed by atoms with Gasteiger partial charge in [0.25, 0.3) is 5.91 Å². The lowest BCUT2D eigenvalue weighted by Crippen LogP contribution is -2.36. The second-order valence-corrected chi connectivity index (χ2v) is 8.96. The molecule has 1 aliphatic rings. The Morgan fingerprint density at radius 1 is 1.19 bits per heavy atom. The van der Waals surface area contributed by atoms with Crippen LogP contribution in [0.5, 0.6) is 0 Å². The van der Waals surface area contributed by atoms with Crippen molar-refractivity contribution in [3.05, 3.63) is 53.5 Å². The predicted octanol–water partition coefficient (Wildman–Crippen LogP) is 3.60. The number of sulfonamides is 1. The molecule has 0 N–H and O–H groups in total. The van der Waals surface area contributed by atoms with Crippen molar-refractivity contribution >= 4 is 15.9 Å². The molecule has 1 unspecified atom stereocenters. The molecule has 2 heterocycles. The first-order chi connectivity index (χ1) is 12.8. The summed E-state index contributed by atoms with van der Waals surface area (Å²) in [5, 5.41) is 0. The Bertz CT molecular complexity index is 900. The van der Waals surface area contributed by atoms with E-state index in [9.17, 15) is 13.2 Å². The van der Waals surface area contributed by atoms with Gasteiger partial charge in [-0.1, -0.05) is 12.5 Å². The fraction of sp³-hybridized carbons (Fsp3) is 0.450. The molecule has 7 heteroatoms. The van der Waals surface area contributed by atoms with Crippen LogP contribution >= 0.6 is 0 Å². The minimum Gasteiger partial charge on any atom is -0.467 e. The number of hydrogen-bond acceptors (Lipinski definition) is 4. The number of rotatable bonds is 5. The monoisotopic (exact) mass is 390 g/mol. The lowest BCUT2D eigenvalue weighted by atomic mass is 10.1. The number of benzene rings is 1. The van der Waals surface area contributed by atoms with Crippen molar-refractivity contribution in [2.75, 3.05) is 20.1 Å². The Labute approximate surface area is 160 Å². The summed E-state index contributed by atoms with van der Waals surface area (Å²) in [6.07, 6.45) is 4.37. The highest BCUT2D eigenvalue weighted by molar-refractivity contribution is 7.89. The van der Waals surface area contributed by atoms with Crippen molar-refractivity contribution in [2.24, 2.45) is 0 Å². The highest BCUT2D eigenvalue weighted by Crippen LogP contribution is 2.26. The summed E-state index contributed by atoms with van der Waals surface area (Å²) in [5.74, 6) is 0.438. The van der Waals surface area contributed by atoms with E-state index in [1.54, 1.807) is 43.3 Å². The van der Waals surface area contributed by atoms with Gasteiger partial charge in [-0.05, 0) is 56.5 Å². The molecular formula is C20H26N2O4S. The summed E-state index contributed by atoms with van der Waals surface area (Å²) in [6, 6.07) is 8.23. The van der Waals surface area contributed by atoms with Crippen LogP contribution in [0.25, 0.3) is 0 Å². The maximum absolute atomic E-state index is 13.1. The fourth-order valence-corrected chi connectivity index (χ4v) is 5.12.